The van der Waals surface area contributed by atoms with E-state index in [0.29, 0.717) is 42.5 Å². The summed E-state index contributed by atoms with van der Waals surface area (Å²) < 4.78 is 62.0. The lowest BCUT2D eigenvalue weighted by Gasteiger charge is -2.38. The van der Waals surface area contributed by atoms with Gasteiger partial charge in [-0.3, -0.25) is 4.99 Å². The van der Waals surface area contributed by atoms with Crippen molar-refractivity contribution in [2.45, 2.75) is 57.9 Å². The molecule has 2 aliphatic heterocycles. The van der Waals surface area contributed by atoms with Crippen LogP contribution in [0, 0.1) is 23.0 Å². The van der Waals surface area contributed by atoms with Crippen molar-refractivity contribution in [3.63, 3.8) is 0 Å². The fourth-order valence-electron chi connectivity index (χ4n) is 6.15. The molecule has 0 unspecified atom stereocenters. The summed E-state index contributed by atoms with van der Waals surface area (Å²) in [6, 6.07) is 1.16. The normalized spacial score (nSPS) is 22.3. The van der Waals surface area contributed by atoms with E-state index in [0.717, 1.165) is 38.2 Å². The molecule has 0 spiro atoms. The molecule has 1 aromatic heterocycles. The highest BCUT2D eigenvalue weighted by atomic mass is 35.5. The van der Waals surface area contributed by atoms with Crippen LogP contribution in [0.1, 0.15) is 68.5 Å². The first-order valence-electron chi connectivity index (χ1n) is 13.7. The molecule has 1 N–H and O–H groups in total. The average Bonchev–Trinajstić information content (AvgIpc) is 3.50. The fourth-order valence-corrected chi connectivity index (χ4v) is 9.12. The number of nitrogens with zero attached hydrogens (tertiary/aromatic N) is 3. The molecule has 222 valence electrons. The Bertz CT molecular complexity index is 1470. The highest BCUT2D eigenvalue weighted by Crippen LogP contribution is 2.42. The number of piperidine rings is 1. The molecule has 1 saturated carbocycles. The van der Waals surface area contributed by atoms with Crippen LogP contribution >= 0.6 is 22.9 Å². The maximum Gasteiger partial charge on any atom is 0.338 e. The molecule has 1 atom stereocenters. The molecule has 3 heterocycles. The van der Waals surface area contributed by atoms with E-state index >= 15 is 0 Å². The van der Waals surface area contributed by atoms with Crippen molar-refractivity contribution in [1.29, 1.82) is 0 Å². The molecule has 2 fully saturated rings. The quantitative estimate of drug-likeness (QED) is 0.317. The lowest BCUT2D eigenvalue weighted by molar-refractivity contribution is -0.136. The first-order chi connectivity index (χ1) is 19.5. The third-order valence-corrected chi connectivity index (χ3v) is 11.7. The lowest BCUT2D eigenvalue weighted by Crippen LogP contribution is -2.45. The van der Waals surface area contributed by atoms with Gasteiger partial charge in [-0.1, -0.05) is 43.9 Å². The van der Waals surface area contributed by atoms with Gasteiger partial charge in [0.2, 0.25) is 10.0 Å². The monoisotopic (exact) mass is 626 g/mol. The first kappa shape index (κ1) is 30.1. The summed E-state index contributed by atoms with van der Waals surface area (Å²) in [7, 11) is -2.23. The van der Waals surface area contributed by atoms with Crippen LogP contribution in [0.5, 0.6) is 0 Å². The Balaban J connectivity index is 1.47. The standard InChI is InChI=1S/C28H33ClF2N4O4S2/c1-28(10-4-3-5-11-28)16-41(37,38)35-13-8-17(9-14-35)23-20(27(36)39-2)24(18-6-7-19(30)22(31)21(18)29)34-25(33-23)26-32-12-15-40-26/h6-7,12,15,17,24H,3-5,8-11,13-14,16H2,1-2H3,(H,33,34)/t24-/m1/s1. The van der Waals surface area contributed by atoms with Gasteiger partial charge >= 0.3 is 5.97 Å². The average molecular weight is 627 g/mol. The van der Waals surface area contributed by atoms with Crippen LogP contribution < -0.4 is 5.32 Å². The second-order valence-corrected chi connectivity index (χ2v) is 14.5. The number of methoxy groups -OCH3 is 1. The predicted octanol–water partition coefficient (Wildman–Crippen LogP) is 5.61. The first-order valence-corrected chi connectivity index (χ1v) is 16.6. The molecular weight excluding hydrogens is 594 g/mol. The third-order valence-electron chi connectivity index (χ3n) is 8.32. The van der Waals surface area contributed by atoms with Gasteiger partial charge in [-0.2, -0.15) is 0 Å². The number of sulfonamides is 1. The zero-order valence-electron chi connectivity index (χ0n) is 23.0. The molecule has 3 aliphatic rings. The van der Waals surface area contributed by atoms with Gasteiger partial charge < -0.3 is 10.1 Å². The van der Waals surface area contributed by atoms with Gasteiger partial charge in [0.1, 0.15) is 6.04 Å². The fraction of sp³-hybridized carbons (Fsp3) is 0.536. The number of carbonyl (C=O) groups is 1. The maximum atomic E-state index is 14.6. The topological polar surface area (TPSA) is 101 Å². The Kier molecular flexibility index (Phi) is 8.84. The summed E-state index contributed by atoms with van der Waals surface area (Å²) in [5.74, 6) is -2.80. The Morgan fingerprint density at radius 3 is 2.56 bits per heavy atom. The van der Waals surface area contributed by atoms with E-state index < -0.39 is 38.7 Å². The van der Waals surface area contributed by atoms with Crippen LogP contribution in [-0.4, -0.2) is 55.5 Å². The van der Waals surface area contributed by atoms with E-state index in [-0.39, 0.29) is 28.2 Å². The van der Waals surface area contributed by atoms with Crippen LogP contribution in [0.4, 0.5) is 8.78 Å². The minimum absolute atomic E-state index is 0.111. The molecule has 1 aromatic carbocycles. The van der Waals surface area contributed by atoms with E-state index in [1.807, 2.05) is 0 Å². The van der Waals surface area contributed by atoms with E-state index in [1.54, 1.807) is 15.9 Å². The van der Waals surface area contributed by atoms with Crippen LogP contribution in [0.2, 0.25) is 5.02 Å². The smallest absolute Gasteiger partial charge is 0.338 e. The van der Waals surface area contributed by atoms with Crippen LogP contribution in [0.15, 0.2) is 40.0 Å². The number of hydrogen-bond acceptors (Lipinski definition) is 8. The van der Waals surface area contributed by atoms with E-state index in [4.69, 9.17) is 16.3 Å². The molecule has 13 heteroatoms. The third kappa shape index (κ3) is 6.21. The molecule has 41 heavy (non-hydrogen) atoms. The van der Waals surface area contributed by atoms with Crippen molar-refractivity contribution in [2.24, 2.45) is 16.3 Å². The van der Waals surface area contributed by atoms with Crippen molar-refractivity contribution >= 4 is 44.8 Å². The zero-order chi connectivity index (χ0) is 29.4. The van der Waals surface area contributed by atoms with Crippen LogP contribution in [-0.2, 0) is 19.6 Å². The van der Waals surface area contributed by atoms with Crippen LogP contribution in [0.25, 0.3) is 0 Å². The Morgan fingerprint density at radius 2 is 1.93 bits per heavy atom. The summed E-state index contributed by atoms with van der Waals surface area (Å²) >= 11 is 7.57. The van der Waals surface area contributed by atoms with Crippen molar-refractivity contribution in [3.8, 4) is 0 Å². The number of amidine groups is 1. The highest BCUT2D eigenvalue weighted by Gasteiger charge is 2.41. The second kappa shape index (κ2) is 12.1. The molecule has 2 aromatic rings. The van der Waals surface area contributed by atoms with Crippen molar-refractivity contribution in [3.05, 3.63) is 62.2 Å². The Morgan fingerprint density at radius 1 is 1.22 bits per heavy atom. The number of esters is 1. The van der Waals surface area contributed by atoms with Gasteiger partial charge in [-0.25, -0.2) is 31.3 Å². The number of nitrogens with one attached hydrogen (secondary N) is 1. The second-order valence-electron chi connectivity index (χ2n) is 11.2. The van der Waals surface area contributed by atoms with E-state index in [2.05, 4.69) is 22.2 Å². The number of allylic oxidation sites excluding steroid dienone is 1. The number of halogens is 3. The number of thiazole rings is 1. The number of aliphatic imine (C=N–C) groups is 1. The van der Waals surface area contributed by atoms with Gasteiger partial charge in [-0.05, 0) is 37.2 Å². The van der Waals surface area contributed by atoms with Crippen molar-refractivity contribution in [1.82, 2.24) is 14.6 Å². The van der Waals surface area contributed by atoms with Gasteiger partial charge in [0.05, 0.1) is 23.5 Å². The summed E-state index contributed by atoms with van der Waals surface area (Å²) in [5.41, 5.74) is 0.519. The Hall–Kier alpha value is -2.41. The lowest BCUT2D eigenvalue weighted by atomic mass is 9.77. The molecule has 1 saturated heterocycles. The molecular formula is C28H33ClF2N4O4S2. The molecule has 0 bridgehead atoms. The van der Waals surface area contributed by atoms with Crippen molar-refractivity contribution in [2.75, 3.05) is 26.0 Å². The largest absolute Gasteiger partial charge is 0.466 e. The molecule has 1 aliphatic carbocycles. The number of rotatable bonds is 7. The number of benzene rings is 1. The number of aromatic nitrogens is 1. The Labute approximate surface area is 247 Å². The maximum absolute atomic E-state index is 14.6. The molecule has 0 amide bonds. The van der Waals surface area contributed by atoms with Crippen LogP contribution in [0.3, 0.4) is 0 Å². The van der Waals surface area contributed by atoms with E-state index in [1.165, 1.54) is 24.5 Å². The predicted molar refractivity (Wildman–Crippen MR) is 154 cm³/mol. The van der Waals surface area contributed by atoms with Gasteiger partial charge in [0.25, 0.3) is 0 Å². The minimum atomic E-state index is -3.47. The van der Waals surface area contributed by atoms with Gasteiger partial charge in [-0.15, -0.1) is 11.3 Å². The zero-order valence-corrected chi connectivity index (χ0v) is 25.3. The summed E-state index contributed by atoms with van der Waals surface area (Å²) in [6.45, 7) is 2.66. The molecule has 0 radical (unpaired) electrons. The number of ether oxygens (including phenoxy) is 1. The molecule has 8 nitrogen and oxygen atoms in total. The SMILES string of the molecule is COC(=O)C1=C(C2CCN(S(=O)(=O)CC3(C)CCCCC3)CC2)NC(c2nccs2)=N[C@@H]1c1ccc(F)c(F)c1Cl. The van der Waals surface area contributed by atoms with Gasteiger partial charge in [0, 0.05) is 41.8 Å². The molecule has 5 rings (SSSR count). The number of hydrogen-bond donors (Lipinski definition) is 1. The van der Waals surface area contributed by atoms with Gasteiger partial charge in [0.15, 0.2) is 22.5 Å². The highest BCUT2D eigenvalue weighted by molar-refractivity contribution is 7.89. The number of carbonyl (C=O) groups excluding carboxylic acids is 1. The van der Waals surface area contributed by atoms with Crippen molar-refractivity contribution < 1.29 is 26.7 Å². The summed E-state index contributed by atoms with van der Waals surface area (Å²) in [5, 5.41) is 5.09. The summed E-state index contributed by atoms with van der Waals surface area (Å²) in [6.07, 6.45) is 7.58. The minimum Gasteiger partial charge on any atom is -0.466 e. The summed E-state index contributed by atoms with van der Waals surface area (Å²) in [4.78, 5) is 22.2. The van der Waals surface area contributed by atoms with E-state index in [9.17, 15) is 22.0 Å².